The van der Waals surface area contributed by atoms with Gasteiger partial charge in [-0.1, -0.05) is 54.6 Å². The molecule has 0 bridgehead atoms. The van der Waals surface area contributed by atoms with Crippen molar-refractivity contribution >= 4 is 35.0 Å². The second-order valence-corrected chi connectivity index (χ2v) is 11.0. The van der Waals surface area contributed by atoms with Crippen molar-refractivity contribution in [1.29, 1.82) is 0 Å². The summed E-state index contributed by atoms with van der Waals surface area (Å²) in [4.78, 5) is 41.1. The molecule has 1 atom stereocenters. The number of carbonyl (C=O) groups is 2. The molecule has 2 amide bonds. The van der Waals surface area contributed by atoms with Crippen molar-refractivity contribution in [2.24, 2.45) is 7.05 Å². The lowest BCUT2D eigenvalue weighted by Gasteiger charge is -2.17. The van der Waals surface area contributed by atoms with E-state index < -0.39 is 5.25 Å². The number of para-hydroxylation sites is 1. The molecule has 0 fully saturated rings. The maximum Gasteiger partial charge on any atom is 0.295 e. The molecule has 5 rings (SSSR count). The van der Waals surface area contributed by atoms with Crippen LogP contribution < -0.4 is 25.7 Å². The largest absolute Gasteiger partial charge is 0.496 e. The van der Waals surface area contributed by atoms with Crippen LogP contribution >= 0.6 is 11.8 Å². The first kappa shape index (κ1) is 30.2. The number of anilines is 2. The van der Waals surface area contributed by atoms with Crippen molar-refractivity contribution in [1.82, 2.24) is 9.36 Å². The highest BCUT2D eigenvalue weighted by molar-refractivity contribution is 8.00. The van der Waals surface area contributed by atoms with E-state index in [9.17, 15) is 14.4 Å². The Hall–Kier alpha value is -5.22. The molecule has 44 heavy (non-hydrogen) atoms. The summed E-state index contributed by atoms with van der Waals surface area (Å²) in [6.07, 6.45) is 0. The summed E-state index contributed by atoms with van der Waals surface area (Å²) in [5.74, 6) is 0.0957. The number of carbonyl (C=O) groups excluding carboxylic acids is 2. The van der Waals surface area contributed by atoms with E-state index in [1.165, 1.54) is 30.7 Å². The van der Waals surface area contributed by atoms with Crippen molar-refractivity contribution in [3.8, 4) is 17.2 Å². The SMILES string of the molecule is COc1cccc(OC)c1C(=O)Nc1ccc(SC(C(=O)Nc2c(C)n(C)n(-c3ccccc3)c2=O)c2ccccc2)cc1. The van der Waals surface area contributed by atoms with Gasteiger partial charge in [0, 0.05) is 17.6 Å². The van der Waals surface area contributed by atoms with Gasteiger partial charge in [0.1, 0.15) is 28.0 Å². The van der Waals surface area contributed by atoms with Gasteiger partial charge in [0.2, 0.25) is 5.91 Å². The molecule has 0 saturated carbocycles. The fraction of sp³-hybridized carbons (Fsp3) is 0.147. The summed E-state index contributed by atoms with van der Waals surface area (Å²) in [5.41, 5.74) is 2.90. The van der Waals surface area contributed by atoms with Gasteiger partial charge >= 0.3 is 0 Å². The second kappa shape index (κ2) is 13.4. The molecule has 10 heteroatoms. The Bertz CT molecular complexity index is 1810. The average Bonchev–Trinajstić information content (AvgIpc) is 3.27. The molecule has 4 aromatic carbocycles. The van der Waals surface area contributed by atoms with Crippen molar-refractivity contribution < 1.29 is 19.1 Å². The summed E-state index contributed by atoms with van der Waals surface area (Å²) in [6, 6.07) is 31.0. The molecule has 224 valence electrons. The standard InChI is InChI=1S/C34H32N4O5S/c1-22-30(34(41)38(37(22)2)25-14-9-6-10-15-25)36-33(40)31(23-12-7-5-8-13-23)44-26-20-18-24(19-21-26)35-32(39)29-27(42-3)16-11-17-28(29)43-4/h5-21,31H,1-4H3,(H,35,39)(H,36,40). The van der Waals surface area contributed by atoms with Crippen LogP contribution in [0.4, 0.5) is 11.4 Å². The molecule has 1 aromatic heterocycles. The highest BCUT2D eigenvalue weighted by Crippen LogP contribution is 2.37. The first-order chi connectivity index (χ1) is 21.3. The molecule has 0 aliphatic carbocycles. The summed E-state index contributed by atoms with van der Waals surface area (Å²) in [5, 5.41) is 5.14. The Morgan fingerprint density at radius 3 is 1.95 bits per heavy atom. The van der Waals surface area contributed by atoms with Gasteiger partial charge in [-0.25, -0.2) is 4.68 Å². The molecule has 1 unspecified atom stereocenters. The molecule has 0 radical (unpaired) electrons. The van der Waals surface area contributed by atoms with Gasteiger partial charge in [-0.05, 0) is 61.0 Å². The number of ether oxygens (including phenoxy) is 2. The van der Waals surface area contributed by atoms with Gasteiger partial charge in [0.15, 0.2) is 0 Å². The monoisotopic (exact) mass is 608 g/mol. The Morgan fingerprint density at radius 2 is 1.36 bits per heavy atom. The molecular formula is C34H32N4O5S. The topological polar surface area (TPSA) is 104 Å². The third kappa shape index (κ3) is 6.25. The van der Waals surface area contributed by atoms with Gasteiger partial charge in [0.25, 0.3) is 11.5 Å². The van der Waals surface area contributed by atoms with E-state index in [-0.39, 0.29) is 23.1 Å². The fourth-order valence-corrected chi connectivity index (χ4v) is 5.85. The number of nitrogens with one attached hydrogen (secondary N) is 2. The molecule has 0 aliphatic heterocycles. The average molecular weight is 609 g/mol. The molecule has 0 spiro atoms. The summed E-state index contributed by atoms with van der Waals surface area (Å²) in [7, 11) is 4.77. The maximum atomic E-state index is 13.8. The van der Waals surface area contributed by atoms with E-state index in [1.807, 2.05) is 72.8 Å². The van der Waals surface area contributed by atoms with Crippen LogP contribution in [0.25, 0.3) is 5.69 Å². The van der Waals surface area contributed by atoms with E-state index in [4.69, 9.17) is 9.47 Å². The Kier molecular flexibility index (Phi) is 9.20. The lowest BCUT2D eigenvalue weighted by molar-refractivity contribution is -0.115. The predicted octanol–water partition coefficient (Wildman–Crippen LogP) is 6.23. The fourth-order valence-electron chi connectivity index (χ4n) is 4.82. The van der Waals surface area contributed by atoms with Crippen molar-refractivity contribution in [2.45, 2.75) is 17.1 Å². The number of hydrogen-bond donors (Lipinski definition) is 2. The van der Waals surface area contributed by atoms with E-state index in [0.29, 0.717) is 34.1 Å². The minimum absolute atomic E-state index is 0.229. The quantitative estimate of drug-likeness (QED) is 0.182. The van der Waals surface area contributed by atoms with Crippen LogP contribution in [-0.4, -0.2) is 35.4 Å². The van der Waals surface area contributed by atoms with Crippen molar-refractivity contribution in [3.63, 3.8) is 0 Å². The summed E-state index contributed by atoms with van der Waals surface area (Å²) < 4.78 is 14.0. The first-order valence-electron chi connectivity index (χ1n) is 13.8. The second-order valence-electron chi connectivity index (χ2n) is 9.85. The van der Waals surface area contributed by atoms with Gasteiger partial charge in [0.05, 0.1) is 25.6 Å². The maximum absolute atomic E-state index is 13.8. The number of rotatable bonds is 10. The van der Waals surface area contributed by atoms with Crippen LogP contribution in [0.3, 0.4) is 0 Å². The van der Waals surface area contributed by atoms with Gasteiger partial charge in [-0.15, -0.1) is 11.8 Å². The van der Waals surface area contributed by atoms with Crippen LogP contribution in [0.5, 0.6) is 11.5 Å². The van der Waals surface area contributed by atoms with Gasteiger partial charge < -0.3 is 20.1 Å². The van der Waals surface area contributed by atoms with Crippen molar-refractivity contribution in [2.75, 3.05) is 24.9 Å². The molecule has 0 aliphatic rings. The third-order valence-corrected chi connectivity index (χ3v) is 8.43. The van der Waals surface area contributed by atoms with E-state index in [2.05, 4.69) is 10.6 Å². The van der Waals surface area contributed by atoms with Gasteiger partial charge in [-0.2, -0.15) is 0 Å². The van der Waals surface area contributed by atoms with Crippen LogP contribution in [0, 0.1) is 6.92 Å². The predicted molar refractivity (Wildman–Crippen MR) is 173 cm³/mol. The van der Waals surface area contributed by atoms with E-state index in [1.54, 1.807) is 49.0 Å². The molecule has 5 aromatic rings. The number of nitrogens with zero attached hydrogens (tertiary/aromatic N) is 2. The summed E-state index contributed by atoms with van der Waals surface area (Å²) >= 11 is 1.34. The lowest BCUT2D eigenvalue weighted by atomic mass is 10.1. The van der Waals surface area contributed by atoms with Crippen LogP contribution in [0.1, 0.15) is 26.9 Å². The minimum atomic E-state index is -0.654. The number of benzene rings is 4. The Balaban J connectivity index is 1.37. The number of amides is 2. The molecule has 9 nitrogen and oxygen atoms in total. The third-order valence-electron chi connectivity index (χ3n) is 7.16. The highest BCUT2D eigenvalue weighted by atomic mass is 32.2. The van der Waals surface area contributed by atoms with Crippen LogP contribution in [0.2, 0.25) is 0 Å². The zero-order chi connectivity index (χ0) is 31.2. The Labute approximate surface area is 259 Å². The van der Waals surface area contributed by atoms with E-state index in [0.717, 1.165) is 10.5 Å². The normalized spacial score (nSPS) is 11.5. The first-order valence-corrected chi connectivity index (χ1v) is 14.7. The number of thioether (sulfide) groups is 1. The number of methoxy groups -OCH3 is 2. The van der Waals surface area contributed by atoms with E-state index >= 15 is 0 Å². The molecule has 2 N–H and O–H groups in total. The van der Waals surface area contributed by atoms with Crippen molar-refractivity contribution in [3.05, 3.63) is 130 Å². The summed E-state index contributed by atoms with van der Waals surface area (Å²) in [6.45, 7) is 1.80. The smallest absolute Gasteiger partial charge is 0.295 e. The number of hydrogen-bond acceptors (Lipinski definition) is 6. The zero-order valence-corrected chi connectivity index (χ0v) is 25.6. The lowest BCUT2D eigenvalue weighted by Crippen LogP contribution is -2.25. The molecular weight excluding hydrogens is 576 g/mol. The number of aromatic nitrogens is 2. The van der Waals surface area contributed by atoms with Crippen LogP contribution in [0.15, 0.2) is 113 Å². The molecule has 0 saturated heterocycles. The Morgan fingerprint density at radius 1 is 0.773 bits per heavy atom. The highest BCUT2D eigenvalue weighted by Gasteiger charge is 2.26. The minimum Gasteiger partial charge on any atom is -0.496 e. The van der Waals surface area contributed by atoms with Gasteiger partial charge in [-0.3, -0.25) is 19.1 Å². The molecule has 1 heterocycles. The zero-order valence-electron chi connectivity index (χ0n) is 24.7. The van der Waals surface area contributed by atoms with Crippen LogP contribution in [-0.2, 0) is 11.8 Å².